The number of benzene rings is 2. The number of ether oxygens (including phenoxy) is 2. The molecule has 2 N–H and O–H groups in total. The summed E-state index contributed by atoms with van der Waals surface area (Å²) in [5.74, 6) is 0.650. The maximum absolute atomic E-state index is 11.7. The molecule has 0 spiro atoms. The molecule has 0 unspecified atom stereocenters. The largest absolute Gasteiger partial charge is 0.504 e. The Hall–Kier alpha value is -3.02. The van der Waals surface area contributed by atoms with Crippen molar-refractivity contribution in [2.75, 3.05) is 13.7 Å². The van der Waals surface area contributed by atoms with Gasteiger partial charge in [0, 0.05) is 0 Å². The number of phenolic OH excluding ortho intramolecular Hbond substituents is 1. The average molecular weight is 328 g/mol. The van der Waals surface area contributed by atoms with E-state index in [1.807, 2.05) is 24.3 Å². The van der Waals surface area contributed by atoms with Gasteiger partial charge in [0.25, 0.3) is 5.91 Å². The lowest BCUT2D eigenvalue weighted by molar-refractivity contribution is -0.123. The van der Waals surface area contributed by atoms with Gasteiger partial charge in [0.1, 0.15) is 5.75 Å². The Balaban J connectivity index is 1.81. The van der Waals surface area contributed by atoms with Gasteiger partial charge in [-0.2, -0.15) is 5.10 Å². The fourth-order valence-electron chi connectivity index (χ4n) is 1.96. The second-order valence-corrected chi connectivity index (χ2v) is 5.01. The Kier molecular flexibility index (Phi) is 6.19. The van der Waals surface area contributed by atoms with Crippen LogP contribution in [0.15, 0.2) is 47.6 Å². The molecular formula is C18H20N2O4. The molecule has 2 rings (SSSR count). The number of hydrogen-bond acceptors (Lipinski definition) is 5. The molecule has 0 atom stereocenters. The van der Waals surface area contributed by atoms with Crippen LogP contribution < -0.4 is 14.9 Å². The minimum Gasteiger partial charge on any atom is -0.504 e. The molecule has 2 aromatic carbocycles. The Bertz CT molecular complexity index is 711. The zero-order valence-electron chi connectivity index (χ0n) is 13.7. The first-order chi connectivity index (χ1) is 11.6. The van der Waals surface area contributed by atoms with Crippen LogP contribution >= 0.6 is 0 Å². The number of aryl methyl sites for hydroxylation is 1. The first kappa shape index (κ1) is 17.3. The smallest absolute Gasteiger partial charge is 0.277 e. The Morgan fingerprint density at radius 2 is 2.00 bits per heavy atom. The summed E-state index contributed by atoms with van der Waals surface area (Å²) in [5, 5.41) is 13.3. The van der Waals surface area contributed by atoms with Crippen LogP contribution in [0.5, 0.6) is 17.2 Å². The predicted molar refractivity (Wildman–Crippen MR) is 91.7 cm³/mol. The highest BCUT2D eigenvalue weighted by Gasteiger charge is 2.03. The van der Waals surface area contributed by atoms with Gasteiger partial charge < -0.3 is 14.6 Å². The van der Waals surface area contributed by atoms with Crippen molar-refractivity contribution < 1.29 is 19.4 Å². The first-order valence-electron chi connectivity index (χ1n) is 7.53. The van der Waals surface area contributed by atoms with Crippen molar-refractivity contribution in [1.29, 1.82) is 0 Å². The van der Waals surface area contributed by atoms with Crippen molar-refractivity contribution in [2.24, 2.45) is 5.10 Å². The minimum atomic E-state index is -0.364. The van der Waals surface area contributed by atoms with Gasteiger partial charge in [-0.3, -0.25) is 4.79 Å². The van der Waals surface area contributed by atoms with E-state index in [2.05, 4.69) is 17.5 Å². The third-order valence-electron chi connectivity index (χ3n) is 3.31. The fourth-order valence-corrected chi connectivity index (χ4v) is 1.96. The summed E-state index contributed by atoms with van der Waals surface area (Å²) in [7, 11) is 1.46. The standard InChI is InChI=1S/C18H20N2O4/c1-3-13-4-7-15(8-5-13)24-12-18(22)20-19-11-14-6-9-16(21)17(10-14)23-2/h4-11,21H,3,12H2,1-2H3,(H,20,22)/b19-11+. The molecule has 1 amide bonds. The molecule has 2 aromatic rings. The quantitative estimate of drug-likeness (QED) is 0.604. The van der Waals surface area contributed by atoms with Gasteiger partial charge in [0.15, 0.2) is 18.1 Å². The van der Waals surface area contributed by atoms with Crippen molar-refractivity contribution in [2.45, 2.75) is 13.3 Å². The van der Waals surface area contributed by atoms with Crippen molar-refractivity contribution in [3.8, 4) is 17.2 Å². The summed E-state index contributed by atoms with van der Waals surface area (Å²) < 4.78 is 10.4. The molecule has 0 saturated heterocycles. The van der Waals surface area contributed by atoms with Gasteiger partial charge >= 0.3 is 0 Å². The zero-order chi connectivity index (χ0) is 17.4. The Labute approximate surface area is 140 Å². The van der Waals surface area contributed by atoms with Crippen LogP contribution in [0.3, 0.4) is 0 Å². The molecule has 6 nitrogen and oxygen atoms in total. The van der Waals surface area contributed by atoms with E-state index in [9.17, 15) is 9.90 Å². The number of carbonyl (C=O) groups excluding carboxylic acids is 1. The molecule has 0 saturated carbocycles. The van der Waals surface area contributed by atoms with Crippen LogP contribution in [0.1, 0.15) is 18.1 Å². The van der Waals surface area contributed by atoms with Gasteiger partial charge in [0.2, 0.25) is 0 Å². The van der Waals surface area contributed by atoms with Crippen molar-refractivity contribution >= 4 is 12.1 Å². The molecule has 0 aliphatic rings. The van der Waals surface area contributed by atoms with Crippen LogP contribution in [-0.2, 0) is 11.2 Å². The second kappa shape index (κ2) is 8.57. The van der Waals surface area contributed by atoms with E-state index >= 15 is 0 Å². The van der Waals surface area contributed by atoms with Crippen LogP contribution in [0.4, 0.5) is 0 Å². The van der Waals surface area contributed by atoms with E-state index in [0.29, 0.717) is 17.1 Å². The van der Waals surface area contributed by atoms with E-state index in [1.165, 1.54) is 25.0 Å². The van der Waals surface area contributed by atoms with E-state index in [0.717, 1.165) is 6.42 Å². The highest BCUT2D eigenvalue weighted by Crippen LogP contribution is 2.25. The lowest BCUT2D eigenvalue weighted by atomic mass is 10.2. The lowest BCUT2D eigenvalue weighted by Gasteiger charge is -2.06. The maximum atomic E-state index is 11.7. The number of carbonyl (C=O) groups is 1. The molecule has 0 aliphatic heterocycles. The van der Waals surface area contributed by atoms with Gasteiger partial charge in [-0.25, -0.2) is 5.43 Å². The maximum Gasteiger partial charge on any atom is 0.277 e. The van der Waals surface area contributed by atoms with Crippen molar-refractivity contribution in [3.05, 3.63) is 53.6 Å². The topological polar surface area (TPSA) is 80.2 Å². The van der Waals surface area contributed by atoms with E-state index in [1.54, 1.807) is 12.1 Å². The monoisotopic (exact) mass is 328 g/mol. The second-order valence-electron chi connectivity index (χ2n) is 5.01. The zero-order valence-corrected chi connectivity index (χ0v) is 13.7. The molecule has 0 radical (unpaired) electrons. The van der Waals surface area contributed by atoms with E-state index in [-0.39, 0.29) is 18.3 Å². The molecule has 0 bridgehead atoms. The predicted octanol–water partition coefficient (Wildman–Crippen LogP) is 2.49. The summed E-state index contributed by atoms with van der Waals surface area (Å²) in [6.07, 6.45) is 2.41. The summed E-state index contributed by atoms with van der Waals surface area (Å²) in [5.41, 5.74) is 4.27. The normalized spacial score (nSPS) is 10.6. The average Bonchev–Trinajstić information content (AvgIpc) is 2.61. The molecule has 0 fully saturated rings. The van der Waals surface area contributed by atoms with Gasteiger partial charge in [-0.1, -0.05) is 19.1 Å². The summed E-state index contributed by atoms with van der Waals surface area (Å²) >= 11 is 0. The number of rotatable bonds is 7. The lowest BCUT2D eigenvalue weighted by Crippen LogP contribution is -2.24. The van der Waals surface area contributed by atoms with Crippen LogP contribution in [0, 0.1) is 0 Å². The highest BCUT2D eigenvalue weighted by atomic mass is 16.5. The summed E-state index contributed by atoms with van der Waals surface area (Å²) in [6.45, 7) is 1.95. The summed E-state index contributed by atoms with van der Waals surface area (Å²) in [4.78, 5) is 11.7. The fraction of sp³-hybridized carbons (Fsp3) is 0.222. The number of hydrazone groups is 1. The molecule has 6 heteroatoms. The van der Waals surface area contributed by atoms with E-state index in [4.69, 9.17) is 9.47 Å². The van der Waals surface area contributed by atoms with Gasteiger partial charge in [0.05, 0.1) is 13.3 Å². The molecule has 126 valence electrons. The van der Waals surface area contributed by atoms with Crippen LogP contribution in [-0.4, -0.2) is 30.9 Å². The number of nitrogens with one attached hydrogen (secondary N) is 1. The Morgan fingerprint density at radius 1 is 1.25 bits per heavy atom. The van der Waals surface area contributed by atoms with Gasteiger partial charge in [-0.15, -0.1) is 0 Å². The number of phenols is 1. The van der Waals surface area contributed by atoms with Crippen LogP contribution in [0.2, 0.25) is 0 Å². The third-order valence-corrected chi connectivity index (χ3v) is 3.31. The molecule has 0 heterocycles. The molecule has 0 aliphatic carbocycles. The van der Waals surface area contributed by atoms with Crippen molar-refractivity contribution in [1.82, 2.24) is 5.43 Å². The summed E-state index contributed by atoms with van der Waals surface area (Å²) in [6, 6.07) is 12.3. The molecular weight excluding hydrogens is 308 g/mol. The third kappa shape index (κ3) is 5.01. The minimum absolute atomic E-state index is 0.0428. The molecule has 24 heavy (non-hydrogen) atoms. The van der Waals surface area contributed by atoms with Gasteiger partial charge in [-0.05, 0) is 47.9 Å². The van der Waals surface area contributed by atoms with Crippen LogP contribution in [0.25, 0.3) is 0 Å². The van der Waals surface area contributed by atoms with E-state index < -0.39 is 0 Å². The number of nitrogens with zero attached hydrogens (tertiary/aromatic N) is 1. The number of hydrogen-bond donors (Lipinski definition) is 2. The SMILES string of the molecule is CCc1ccc(OCC(=O)N/N=C/c2ccc(O)c(OC)c2)cc1. The molecule has 0 aromatic heterocycles. The number of aromatic hydroxyl groups is 1. The Morgan fingerprint density at radius 3 is 2.67 bits per heavy atom. The first-order valence-corrected chi connectivity index (χ1v) is 7.53. The highest BCUT2D eigenvalue weighted by molar-refractivity contribution is 5.83. The van der Waals surface area contributed by atoms with Crippen molar-refractivity contribution in [3.63, 3.8) is 0 Å². The number of amides is 1. The number of methoxy groups -OCH3 is 1.